The fourth-order valence-corrected chi connectivity index (χ4v) is 3.09. The molecule has 4 nitrogen and oxygen atoms in total. The number of aliphatic hydroxyl groups is 1. The number of hydrogen-bond acceptors (Lipinski definition) is 3. The zero-order chi connectivity index (χ0) is 15.0. The second-order valence-electron chi connectivity index (χ2n) is 5.64. The molecule has 0 bridgehead atoms. The number of benzene rings is 1. The zero-order valence-corrected chi connectivity index (χ0v) is 12.3. The molecule has 4 heteroatoms. The Morgan fingerprint density at radius 2 is 2.19 bits per heavy atom. The minimum atomic E-state index is -0.387. The summed E-state index contributed by atoms with van der Waals surface area (Å²) in [6.07, 6.45) is 0.312. The van der Waals surface area contributed by atoms with Crippen LogP contribution >= 0.6 is 0 Å². The smallest absolute Gasteiger partial charge is 0.120 e. The molecule has 0 radical (unpaired) electrons. The number of aromatic nitrogens is 1. The molecule has 2 aromatic rings. The SMILES string of the molecule is Cc1c(CN[C@@H]2c3ccccc3C[C@@H]2O)cc(C#N)n1C. The van der Waals surface area contributed by atoms with Crippen molar-refractivity contribution in [3.8, 4) is 6.07 Å². The molecular weight excluding hydrogens is 262 g/mol. The van der Waals surface area contributed by atoms with Crippen LogP contribution in [0.5, 0.6) is 0 Å². The van der Waals surface area contributed by atoms with Crippen molar-refractivity contribution in [3.05, 3.63) is 58.4 Å². The van der Waals surface area contributed by atoms with Crippen LogP contribution in [0.4, 0.5) is 0 Å². The average molecular weight is 281 g/mol. The Hall–Kier alpha value is -2.09. The van der Waals surface area contributed by atoms with E-state index < -0.39 is 0 Å². The molecule has 0 saturated carbocycles. The van der Waals surface area contributed by atoms with E-state index in [4.69, 9.17) is 5.26 Å². The Labute approximate surface area is 124 Å². The van der Waals surface area contributed by atoms with Crippen LogP contribution in [-0.4, -0.2) is 15.8 Å². The van der Waals surface area contributed by atoms with Crippen molar-refractivity contribution in [2.45, 2.75) is 32.0 Å². The van der Waals surface area contributed by atoms with Gasteiger partial charge in [0.05, 0.1) is 12.1 Å². The molecule has 3 rings (SSSR count). The van der Waals surface area contributed by atoms with E-state index in [1.807, 2.05) is 36.7 Å². The summed E-state index contributed by atoms with van der Waals surface area (Å²) in [5.41, 5.74) is 5.24. The summed E-state index contributed by atoms with van der Waals surface area (Å²) in [5, 5.41) is 22.8. The third kappa shape index (κ3) is 2.35. The summed E-state index contributed by atoms with van der Waals surface area (Å²) in [4.78, 5) is 0. The second-order valence-corrected chi connectivity index (χ2v) is 5.64. The minimum absolute atomic E-state index is 0.0358. The molecular formula is C17H19N3O. The van der Waals surface area contributed by atoms with Gasteiger partial charge < -0.3 is 15.0 Å². The number of nitrogens with one attached hydrogen (secondary N) is 1. The number of nitriles is 1. The molecule has 1 heterocycles. The molecule has 21 heavy (non-hydrogen) atoms. The van der Waals surface area contributed by atoms with Gasteiger partial charge in [-0.1, -0.05) is 24.3 Å². The van der Waals surface area contributed by atoms with E-state index in [0.717, 1.165) is 11.3 Å². The number of rotatable bonds is 3. The van der Waals surface area contributed by atoms with Crippen molar-refractivity contribution in [3.63, 3.8) is 0 Å². The lowest BCUT2D eigenvalue weighted by Gasteiger charge is -2.18. The summed E-state index contributed by atoms with van der Waals surface area (Å²) in [6, 6.07) is 12.2. The minimum Gasteiger partial charge on any atom is -0.391 e. The third-order valence-corrected chi connectivity index (χ3v) is 4.47. The summed E-state index contributed by atoms with van der Waals surface area (Å²) in [6.45, 7) is 2.66. The summed E-state index contributed by atoms with van der Waals surface area (Å²) in [5.74, 6) is 0. The predicted molar refractivity (Wildman–Crippen MR) is 80.6 cm³/mol. The molecule has 0 spiro atoms. The molecule has 0 fully saturated rings. The Balaban J connectivity index is 1.78. The van der Waals surface area contributed by atoms with Gasteiger partial charge in [-0.2, -0.15) is 5.26 Å². The fraction of sp³-hybridized carbons (Fsp3) is 0.353. The molecule has 1 aromatic heterocycles. The van der Waals surface area contributed by atoms with Gasteiger partial charge in [-0.05, 0) is 29.7 Å². The van der Waals surface area contributed by atoms with Crippen molar-refractivity contribution < 1.29 is 5.11 Å². The van der Waals surface area contributed by atoms with E-state index in [0.29, 0.717) is 18.7 Å². The Morgan fingerprint density at radius 1 is 1.43 bits per heavy atom. The largest absolute Gasteiger partial charge is 0.391 e. The van der Waals surface area contributed by atoms with Gasteiger partial charge in [0, 0.05) is 25.7 Å². The summed E-state index contributed by atoms with van der Waals surface area (Å²) >= 11 is 0. The van der Waals surface area contributed by atoms with Crippen molar-refractivity contribution >= 4 is 0 Å². The lowest BCUT2D eigenvalue weighted by molar-refractivity contribution is 0.140. The maximum absolute atomic E-state index is 10.2. The number of aliphatic hydroxyl groups excluding tert-OH is 1. The van der Waals surface area contributed by atoms with Gasteiger partial charge in [0.2, 0.25) is 0 Å². The molecule has 0 unspecified atom stereocenters. The van der Waals surface area contributed by atoms with Crippen molar-refractivity contribution in [1.82, 2.24) is 9.88 Å². The van der Waals surface area contributed by atoms with E-state index >= 15 is 0 Å². The molecule has 0 amide bonds. The van der Waals surface area contributed by atoms with Gasteiger partial charge in [-0.25, -0.2) is 0 Å². The van der Waals surface area contributed by atoms with E-state index in [1.165, 1.54) is 11.1 Å². The second kappa shape index (κ2) is 5.36. The maximum Gasteiger partial charge on any atom is 0.120 e. The molecule has 0 saturated heterocycles. The van der Waals surface area contributed by atoms with Gasteiger partial charge in [0.15, 0.2) is 0 Å². The molecule has 1 aliphatic carbocycles. The monoisotopic (exact) mass is 281 g/mol. The van der Waals surface area contributed by atoms with E-state index in [-0.39, 0.29) is 12.1 Å². The first-order valence-electron chi connectivity index (χ1n) is 7.16. The number of nitrogens with zero attached hydrogens (tertiary/aromatic N) is 2. The molecule has 108 valence electrons. The summed E-state index contributed by atoms with van der Waals surface area (Å²) in [7, 11) is 1.90. The molecule has 2 N–H and O–H groups in total. The molecule has 0 aliphatic heterocycles. The van der Waals surface area contributed by atoms with Crippen LogP contribution < -0.4 is 5.32 Å². The predicted octanol–water partition coefficient (Wildman–Crippen LogP) is 1.95. The van der Waals surface area contributed by atoms with Crippen molar-refractivity contribution in [2.75, 3.05) is 0 Å². The highest BCUT2D eigenvalue weighted by Gasteiger charge is 2.30. The number of hydrogen-bond donors (Lipinski definition) is 2. The van der Waals surface area contributed by atoms with Gasteiger partial charge in [-0.15, -0.1) is 0 Å². The Bertz CT molecular complexity index is 711. The van der Waals surface area contributed by atoms with Crippen LogP contribution in [0.15, 0.2) is 30.3 Å². The Morgan fingerprint density at radius 3 is 2.90 bits per heavy atom. The van der Waals surface area contributed by atoms with Crippen LogP contribution in [0.25, 0.3) is 0 Å². The highest BCUT2D eigenvalue weighted by atomic mass is 16.3. The first-order chi connectivity index (χ1) is 10.1. The lowest BCUT2D eigenvalue weighted by Crippen LogP contribution is -2.28. The first-order valence-corrected chi connectivity index (χ1v) is 7.16. The Kier molecular flexibility index (Phi) is 3.54. The van der Waals surface area contributed by atoms with Crippen LogP contribution in [0, 0.1) is 18.3 Å². The van der Waals surface area contributed by atoms with E-state index in [2.05, 4.69) is 23.5 Å². The molecule has 1 aliphatic rings. The van der Waals surface area contributed by atoms with Gasteiger partial charge in [-0.3, -0.25) is 0 Å². The fourth-order valence-electron chi connectivity index (χ4n) is 3.09. The van der Waals surface area contributed by atoms with Crippen molar-refractivity contribution in [1.29, 1.82) is 5.26 Å². The van der Waals surface area contributed by atoms with E-state index in [9.17, 15) is 5.11 Å². The zero-order valence-electron chi connectivity index (χ0n) is 12.3. The van der Waals surface area contributed by atoms with Crippen LogP contribution in [0.2, 0.25) is 0 Å². The van der Waals surface area contributed by atoms with Crippen molar-refractivity contribution in [2.24, 2.45) is 7.05 Å². The van der Waals surface area contributed by atoms with Gasteiger partial charge in [0.1, 0.15) is 11.8 Å². The van der Waals surface area contributed by atoms with Gasteiger partial charge in [0.25, 0.3) is 0 Å². The van der Waals surface area contributed by atoms with Crippen LogP contribution in [-0.2, 0) is 20.0 Å². The maximum atomic E-state index is 10.2. The normalized spacial score (nSPS) is 20.3. The number of fused-ring (bicyclic) bond motifs is 1. The standard InChI is InChI=1S/C17H19N3O/c1-11-13(7-14(9-18)20(11)2)10-19-17-15-6-4-3-5-12(15)8-16(17)21/h3-7,16-17,19,21H,8,10H2,1-2H3/t16-,17+/m0/s1. The quantitative estimate of drug-likeness (QED) is 0.904. The highest BCUT2D eigenvalue weighted by Crippen LogP contribution is 2.31. The molecule has 2 atom stereocenters. The first kappa shape index (κ1) is 13.9. The van der Waals surface area contributed by atoms with Crippen LogP contribution in [0.1, 0.15) is 34.1 Å². The highest BCUT2D eigenvalue weighted by molar-refractivity contribution is 5.37. The van der Waals surface area contributed by atoms with Crippen LogP contribution in [0.3, 0.4) is 0 Å². The average Bonchev–Trinajstić information content (AvgIpc) is 2.95. The lowest BCUT2D eigenvalue weighted by atomic mass is 10.1. The van der Waals surface area contributed by atoms with Gasteiger partial charge >= 0.3 is 0 Å². The van der Waals surface area contributed by atoms with E-state index in [1.54, 1.807) is 0 Å². The molecule has 1 aromatic carbocycles. The third-order valence-electron chi connectivity index (χ3n) is 4.47. The summed E-state index contributed by atoms with van der Waals surface area (Å²) < 4.78 is 1.90. The topological polar surface area (TPSA) is 61.0 Å².